The zero-order chi connectivity index (χ0) is 25.2. The van der Waals surface area contributed by atoms with Crippen molar-refractivity contribution in [2.75, 3.05) is 0 Å². The van der Waals surface area contributed by atoms with E-state index in [2.05, 4.69) is 41.7 Å². The van der Waals surface area contributed by atoms with E-state index in [9.17, 15) is 14.4 Å². The first-order chi connectivity index (χ1) is 15.9. The third-order valence-corrected chi connectivity index (χ3v) is 6.31. The van der Waals surface area contributed by atoms with Gasteiger partial charge in [0.15, 0.2) is 0 Å². The molecule has 0 spiro atoms. The average molecular weight is 482 g/mol. The van der Waals surface area contributed by atoms with E-state index >= 15 is 0 Å². The molecule has 9 heteroatoms. The highest BCUT2D eigenvalue weighted by molar-refractivity contribution is 7.15. The summed E-state index contributed by atoms with van der Waals surface area (Å²) < 4.78 is 1.47. The Kier molecular flexibility index (Phi) is 7.26. The number of carbonyl (C=O) groups is 2. The van der Waals surface area contributed by atoms with Crippen LogP contribution in [0.1, 0.15) is 77.7 Å². The molecule has 0 fully saturated rings. The van der Waals surface area contributed by atoms with Crippen LogP contribution in [-0.2, 0) is 5.41 Å². The Bertz CT molecular complexity index is 1290. The number of thiophene rings is 1. The van der Waals surface area contributed by atoms with Gasteiger partial charge in [-0.15, -0.1) is 11.3 Å². The van der Waals surface area contributed by atoms with Crippen molar-refractivity contribution >= 4 is 28.9 Å². The average Bonchev–Trinajstić information content (AvgIpc) is 3.36. The number of hydrazone groups is 1. The van der Waals surface area contributed by atoms with Gasteiger partial charge < -0.3 is 5.32 Å². The Morgan fingerprint density at radius 3 is 2.18 bits per heavy atom. The second-order valence-corrected chi connectivity index (χ2v) is 10.6. The molecule has 3 N–H and O–H groups in total. The summed E-state index contributed by atoms with van der Waals surface area (Å²) in [4.78, 5) is 38.5. The van der Waals surface area contributed by atoms with Crippen molar-refractivity contribution in [3.05, 3.63) is 73.3 Å². The van der Waals surface area contributed by atoms with Crippen molar-refractivity contribution in [2.24, 2.45) is 5.10 Å². The second-order valence-electron chi connectivity index (χ2n) is 9.48. The van der Waals surface area contributed by atoms with Crippen LogP contribution in [0.15, 0.2) is 46.3 Å². The lowest BCUT2D eigenvalue weighted by molar-refractivity contribution is 0.0944. The first-order valence-corrected chi connectivity index (χ1v) is 11.9. The molecule has 0 aliphatic carbocycles. The Labute approximate surface area is 203 Å². The van der Waals surface area contributed by atoms with Gasteiger partial charge in [0.25, 0.3) is 17.4 Å². The minimum absolute atomic E-state index is 0.00388. The Morgan fingerprint density at radius 1 is 1.03 bits per heavy atom. The first kappa shape index (κ1) is 25.2. The third-order valence-electron chi connectivity index (χ3n) is 5.22. The molecule has 0 aliphatic heterocycles. The molecule has 0 saturated carbocycles. The number of nitrogens with zero attached hydrogens (tertiary/aromatic N) is 2. The summed E-state index contributed by atoms with van der Waals surface area (Å²) in [6.45, 7) is 13.6. The van der Waals surface area contributed by atoms with Gasteiger partial charge in [-0.25, -0.2) is 10.1 Å². The quantitative estimate of drug-likeness (QED) is 0.364. The molecular weight excluding hydrogens is 450 g/mol. The number of nitrogens with one attached hydrogen (secondary N) is 3. The highest BCUT2D eigenvalue weighted by Crippen LogP contribution is 2.23. The predicted octanol–water partition coefficient (Wildman–Crippen LogP) is 4.13. The zero-order valence-corrected chi connectivity index (χ0v) is 21.4. The van der Waals surface area contributed by atoms with Crippen LogP contribution in [-0.4, -0.2) is 33.3 Å². The monoisotopic (exact) mass is 481 g/mol. The summed E-state index contributed by atoms with van der Waals surface area (Å²) >= 11 is 1.08. The molecule has 3 rings (SSSR count). The van der Waals surface area contributed by atoms with Crippen LogP contribution in [0.25, 0.3) is 5.69 Å². The number of aromatic amines is 1. The van der Waals surface area contributed by atoms with E-state index in [0.717, 1.165) is 17.0 Å². The Morgan fingerprint density at radius 2 is 1.62 bits per heavy atom. The molecule has 0 saturated heterocycles. The number of hydrogen-bond donors (Lipinski definition) is 3. The number of benzene rings is 1. The molecule has 8 nitrogen and oxygen atoms in total. The van der Waals surface area contributed by atoms with Gasteiger partial charge in [-0.1, -0.05) is 32.9 Å². The van der Waals surface area contributed by atoms with Crippen molar-refractivity contribution in [3.8, 4) is 5.69 Å². The van der Waals surface area contributed by atoms with Crippen molar-refractivity contribution in [1.82, 2.24) is 20.5 Å². The standard InChI is InChI=1S/C25H31N5O3S/c1-14(2)26-22(31)19-12-13-20(34-19)23(32)28-27-15(3)21-16(4)29-30(24(21)33)18-10-8-17(9-11-18)25(5,6)7/h8-14,29H,1-7H3,(H,26,31)(H,28,32). The van der Waals surface area contributed by atoms with Gasteiger partial charge >= 0.3 is 0 Å². The van der Waals surface area contributed by atoms with Crippen LogP contribution in [0, 0.1) is 6.92 Å². The number of H-pyrrole nitrogens is 1. The van der Waals surface area contributed by atoms with E-state index in [4.69, 9.17) is 0 Å². The number of aromatic nitrogens is 2. The maximum absolute atomic E-state index is 13.1. The van der Waals surface area contributed by atoms with Crippen LogP contribution in [0.5, 0.6) is 0 Å². The van der Waals surface area contributed by atoms with Gasteiger partial charge in [0.2, 0.25) is 0 Å². The number of hydrogen-bond acceptors (Lipinski definition) is 5. The molecule has 0 unspecified atom stereocenters. The van der Waals surface area contributed by atoms with Gasteiger partial charge in [0, 0.05) is 11.7 Å². The number of rotatable bonds is 6. The topological polar surface area (TPSA) is 108 Å². The predicted molar refractivity (Wildman–Crippen MR) is 136 cm³/mol. The fourth-order valence-electron chi connectivity index (χ4n) is 3.43. The molecule has 34 heavy (non-hydrogen) atoms. The maximum atomic E-state index is 13.1. The second kappa shape index (κ2) is 9.80. The molecule has 2 heterocycles. The van der Waals surface area contributed by atoms with E-state index in [0.29, 0.717) is 26.7 Å². The molecule has 1 aromatic carbocycles. The van der Waals surface area contributed by atoms with Crippen molar-refractivity contribution in [2.45, 2.75) is 59.9 Å². The molecule has 180 valence electrons. The maximum Gasteiger partial charge on any atom is 0.281 e. The third kappa shape index (κ3) is 5.53. The van der Waals surface area contributed by atoms with Gasteiger partial charge in [0.1, 0.15) is 0 Å². The highest BCUT2D eigenvalue weighted by atomic mass is 32.1. The van der Waals surface area contributed by atoms with E-state index < -0.39 is 5.91 Å². The highest BCUT2D eigenvalue weighted by Gasteiger charge is 2.18. The Hall–Kier alpha value is -3.46. The van der Waals surface area contributed by atoms with Crippen LogP contribution < -0.4 is 16.3 Å². The smallest absolute Gasteiger partial charge is 0.281 e. The fourth-order valence-corrected chi connectivity index (χ4v) is 4.22. The van der Waals surface area contributed by atoms with Gasteiger partial charge in [0.05, 0.1) is 26.7 Å². The lowest BCUT2D eigenvalue weighted by Crippen LogP contribution is -2.29. The lowest BCUT2D eigenvalue weighted by Gasteiger charge is -2.19. The molecule has 0 bridgehead atoms. The molecule has 2 amide bonds. The Balaban J connectivity index is 1.78. The molecular formula is C25H31N5O3S. The lowest BCUT2D eigenvalue weighted by atomic mass is 9.87. The largest absolute Gasteiger partial charge is 0.349 e. The van der Waals surface area contributed by atoms with E-state index in [1.54, 1.807) is 26.0 Å². The molecule has 0 atom stereocenters. The van der Waals surface area contributed by atoms with Crippen molar-refractivity contribution < 1.29 is 9.59 Å². The van der Waals surface area contributed by atoms with Gasteiger partial charge in [-0.05, 0) is 62.9 Å². The van der Waals surface area contributed by atoms with Crippen molar-refractivity contribution in [1.29, 1.82) is 0 Å². The van der Waals surface area contributed by atoms with Crippen LogP contribution in [0.2, 0.25) is 0 Å². The van der Waals surface area contributed by atoms with E-state index in [1.807, 2.05) is 38.1 Å². The fraction of sp³-hybridized carbons (Fsp3) is 0.360. The molecule has 0 radical (unpaired) electrons. The van der Waals surface area contributed by atoms with Crippen LogP contribution in [0.4, 0.5) is 0 Å². The van der Waals surface area contributed by atoms with E-state index in [1.165, 1.54) is 10.2 Å². The summed E-state index contributed by atoms with van der Waals surface area (Å²) in [5.41, 5.74) is 5.56. The van der Waals surface area contributed by atoms with Crippen LogP contribution in [0.3, 0.4) is 0 Å². The number of aryl methyl sites for hydroxylation is 1. The number of amides is 2. The summed E-state index contributed by atoms with van der Waals surface area (Å²) in [6.07, 6.45) is 0. The summed E-state index contributed by atoms with van der Waals surface area (Å²) in [5, 5.41) is 10.0. The normalized spacial score (nSPS) is 12.2. The van der Waals surface area contributed by atoms with E-state index in [-0.39, 0.29) is 22.9 Å². The SMILES string of the molecule is CC(=NNC(=O)c1ccc(C(=O)NC(C)C)s1)c1c(C)[nH]n(-c2ccc(C(C)(C)C)cc2)c1=O. The molecule has 0 aliphatic rings. The van der Waals surface area contributed by atoms with Gasteiger partial charge in [-0.2, -0.15) is 5.10 Å². The zero-order valence-electron chi connectivity index (χ0n) is 20.6. The summed E-state index contributed by atoms with van der Waals surface area (Å²) in [6, 6.07) is 11.0. The van der Waals surface area contributed by atoms with Crippen molar-refractivity contribution in [3.63, 3.8) is 0 Å². The minimum Gasteiger partial charge on any atom is -0.349 e. The minimum atomic E-state index is -0.445. The molecule has 2 aromatic heterocycles. The molecule has 3 aromatic rings. The summed E-state index contributed by atoms with van der Waals surface area (Å²) in [7, 11) is 0. The van der Waals surface area contributed by atoms with Gasteiger partial charge in [-0.3, -0.25) is 19.5 Å². The number of carbonyl (C=O) groups excluding carboxylic acids is 2. The van der Waals surface area contributed by atoms with Crippen LogP contribution >= 0.6 is 11.3 Å². The summed E-state index contributed by atoms with van der Waals surface area (Å²) in [5.74, 6) is -0.669. The first-order valence-electron chi connectivity index (χ1n) is 11.1.